The van der Waals surface area contributed by atoms with E-state index < -0.39 is 0 Å². The predicted molar refractivity (Wildman–Crippen MR) is 93.1 cm³/mol. The van der Waals surface area contributed by atoms with Gasteiger partial charge in [-0.2, -0.15) is 0 Å². The summed E-state index contributed by atoms with van der Waals surface area (Å²) in [6.45, 7) is 10.9. The van der Waals surface area contributed by atoms with E-state index in [2.05, 4.69) is 44.4 Å². The van der Waals surface area contributed by atoms with Crippen molar-refractivity contribution < 1.29 is 4.79 Å². The molecule has 0 spiro atoms. The van der Waals surface area contributed by atoms with Gasteiger partial charge in [-0.05, 0) is 54.8 Å². The number of hydrogen-bond donors (Lipinski definition) is 2. The summed E-state index contributed by atoms with van der Waals surface area (Å²) in [4.78, 5) is 12.4. The predicted octanol–water partition coefficient (Wildman–Crippen LogP) is 3.95. The highest BCUT2D eigenvalue weighted by Crippen LogP contribution is 2.30. The Morgan fingerprint density at radius 2 is 2.09 bits per heavy atom. The molecule has 1 aromatic rings. The number of piperidine rings is 1. The average molecular weight is 302 g/mol. The molecule has 0 aromatic heterocycles. The second-order valence-electron chi connectivity index (χ2n) is 7.63. The van der Waals surface area contributed by atoms with Crippen LogP contribution in [0, 0.1) is 11.8 Å². The maximum atomic E-state index is 12.4. The van der Waals surface area contributed by atoms with Crippen molar-refractivity contribution in [3.05, 3.63) is 29.8 Å². The Balaban J connectivity index is 1.97. The van der Waals surface area contributed by atoms with Gasteiger partial charge in [-0.1, -0.05) is 45.9 Å². The van der Waals surface area contributed by atoms with Crippen molar-refractivity contribution in [3.8, 4) is 0 Å². The Kier molecular flexibility index (Phi) is 5.63. The number of benzene rings is 1. The van der Waals surface area contributed by atoms with Gasteiger partial charge in [0.15, 0.2) is 0 Å². The maximum absolute atomic E-state index is 12.4. The average Bonchev–Trinajstić information content (AvgIpc) is 2.47. The third kappa shape index (κ3) is 4.57. The quantitative estimate of drug-likeness (QED) is 0.884. The normalized spacial score (nSPS) is 20.5. The molecule has 1 aromatic carbocycles. The van der Waals surface area contributed by atoms with Crippen LogP contribution in [0.15, 0.2) is 24.3 Å². The van der Waals surface area contributed by atoms with Gasteiger partial charge in [-0.25, -0.2) is 0 Å². The van der Waals surface area contributed by atoms with Crippen molar-refractivity contribution in [3.63, 3.8) is 0 Å². The van der Waals surface area contributed by atoms with Crippen molar-refractivity contribution in [2.24, 2.45) is 11.8 Å². The summed E-state index contributed by atoms with van der Waals surface area (Å²) in [5, 5.41) is 6.56. The smallest absolute Gasteiger partial charge is 0.224 e. The molecule has 22 heavy (non-hydrogen) atoms. The summed E-state index contributed by atoms with van der Waals surface area (Å²) in [6, 6.07) is 8.13. The summed E-state index contributed by atoms with van der Waals surface area (Å²) >= 11 is 0. The van der Waals surface area contributed by atoms with Crippen molar-refractivity contribution in [2.75, 3.05) is 18.4 Å². The van der Waals surface area contributed by atoms with Crippen LogP contribution >= 0.6 is 0 Å². The fourth-order valence-corrected chi connectivity index (χ4v) is 3.27. The maximum Gasteiger partial charge on any atom is 0.224 e. The number of carbonyl (C=O) groups excluding carboxylic acids is 1. The van der Waals surface area contributed by atoms with E-state index in [1.165, 1.54) is 18.4 Å². The minimum Gasteiger partial charge on any atom is -0.326 e. The summed E-state index contributed by atoms with van der Waals surface area (Å²) in [6.07, 6.45) is 3.06. The Labute approximate surface area is 134 Å². The lowest BCUT2D eigenvalue weighted by Gasteiger charge is -2.28. The molecule has 1 amide bonds. The zero-order chi connectivity index (χ0) is 16.2. The van der Waals surface area contributed by atoms with E-state index in [-0.39, 0.29) is 11.3 Å². The largest absolute Gasteiger partial charge is 0.326 e. The van der Waals surface area contributed by atoms with Gasteiger partial charge in [0.05, 0.1) is 0 Å². The first-order valence-electron chi connectivity index (χ1n) is 8.48. The van der Waals surface area contributed by atoms with Crippen LogP contribution in [-0.2, 0) is 10.2 Å². The van der Waals surface area contributed by atoms with E-state index in [0.717, 1.165) is 18.8 Å². The van der Waals surface area contributed by atoms with Crippen molar-refractivity contribution in [2.45, 2.75) is 52.4 Å². The molecule has 2 unspecified atom stereocenters. The molecule has 1 saturated heterocycles. The van der Waals surface area contributed by atoms with E-state index in [0.29, 0.717) is 18.3 Å². The molecular formula is C19H30N2O. The second kappa shape index (κ2) is 7.28. The molecule has 3 nitrogen and oxygen atoms in total. The third-order valence-electron chi connectivity index (χ3n) is 4.66. The Morgan fingerprint density at radius 3 is 2.73 bits per heavy atom. The monoisotopic (exact) mass is 302 g/mol. The molecule has 0 saturated carbocycles. The minimum absolute atomic E-state index is 0.0305. The van der Waals surface area contributed by atoms with E-state index in [4.69, 9.17) is 0 Å². The highest BCUT2D eigenvalue weighted by atomic mass is 16.1. The standard InChI is InChI=1S/C19H30N2O/c1-14(15-8-7-11-20-13-15)12-18(22)21-17-10-6-5-9-16(17)19(2,3)4/h5-6,9-10,14-15,20H,7-8,11-13H2,1-4H3,(H,21,22). The number of anilines is 1. The van der Waals surface area contributed by atoms with Crippen LogP contribution in [0.3, 0.4) is 0 Å². The highest BCUT2D eigenvalue weighted by molar-refractivity contribution is 5.91. The van der Waals surface area contributed by atoms with Gasteiger partial charge in [-0.15, -0.1) is 0 Å². The molecular weight excluding hydrogens is 272 g/mol. The first-order valence-corrected chi connectivity index (χ1v) is 8.48. The lowest BCUT2D eigenvalue weighted by Crippen LogP contribution is -2.34. The fraction of sp³-hybridized carbons (Fsp3) is 0.632. The Bertz CT molecular complexity index is 498. The van der Waals surface area contributed by atoms with Crippen LogP contribution in [-0.4, -0.2) is 19.0 Å². The molecule has 0 aliphatic carbocycles. The summed E-state index contributed by atoms with van der Waals surface area (Å²) in [7, 11) is 0. The molecule has 3 heteroatoms. The van der Waals surface area contributed by atoms with Gasteiger partial charge in [-0.3, -0.25) is 4.79 Å². The molecule has 1 aliphatic heterocycles. The molecule has 1 heterocycles. The van der Waals surface area contributed by atoms with Crippen LogP contribution in [0.1, 0.15) is 52.5 Å². The van der Waals surface area contributed by atoms with Crippen molar-refractivity contribution in [1.29, 1.82) is 0 Å². The highest BCUT2D eigenvalue weighted by Gasteiger charge is 2.23. The summed E-state index contributed by atoms with van der Waals surface area (Å²) in [5.41, 5.74) is 2.17. The van der Waals surface area contributed by atoms with E-state index in [9.17, 15) is 4.79 Å². The molecule has 2 rings (SSSR count). The van der Waals surface area contributed by atoms with Gasteiger partial charge in [0.25, 0.3) is 0 Å². The first kappa shape index (κ1) is 17.0. The topological polar surface area (TPSA) is 41.1 Å². The molecule has 2 N–H and O–H groups in total. The van der Waals surface area contributed by atoms with Crippen molar-refractivity contribution in [1.82, 2.24) is 5.32 Å². The molecule has 2 atom stereocenters. The van der Waals surface area contributed by atoms with E-state index in [1.54, 1.807) is 0 Å². The van der Waals surface area contributed by atoms with Crippen LogP contribution in [0.5, 0.6) is 0 Å². The van der Waals surface area contributed by atoms with Crippen LogP contribution in [0.25, 0.3) is 0 Å². The minimum atomic E-state index is 0.0305. The number of carbonyl (C=O) groups is 1. The van der Waals surface area contributed by atoms with E-state index in [1.807, 2.05) is 18.2 Å². The number of nitrogens with one attached hydrogen (secondary N) is 2. The molecule has 1 fully saturated rings. The number of rotatable bonds is 4. The van der Waals surface area contributed by atoms with Gasteiger partial charge < -0.3 is 10.6 Å². The first-order chi connectivity index (χ1) is 10.4. The number of hydrogen-bond acceptors (Lipinski definition) is 2. The molecule has 0 radical (unpaired) electrons. The van der Waals surface area contributed by atoms with Crippen LogP contribution in [0.4, 0.5) is 5.69 Å². The van der Waals surface area contributed by atoms with Gasteiger partial charge in [0.2, 0.25) is 5.91 Å². The lowest BCUT2D eigenvalue weighted by molar-refractivity contribution is -0.117. The molecule has 122 valence electrons. The second-order valence-corrected chi connectivity index (χ2v) is 7.63. The molecule has 0 bridgehead atoms. The van der Waals surface area contributed by atoms with Gasteiger partial charge >= 0.3 is 0 Å². The van der Waals surface area contributed by atoms with Gasteiger partial charge in [0.1, 0.15) is 0 Å². The third-order valence-corrected chi connectivity index (χ3v) is 4.66. The van der Waals surface area contributed by atoms with Gasteiger partial charge in [0, 0.05) is 12.1 Å². The lowest BCUT2D eigenvalue weighted by atomic mass is 9.84. The van der Waals surface area contributed by atoms with Crippen LogP contribution < -0.4 is 10.6 Å². The number of amides is 1. The Hall–Kier alpha value is -1.35. The van der Waals surface area contributed by atoms with Crippen molar-refractivity contribution >= 4 is 11.6 Å². The zero-order valence-electron chi connectivity index (χ0n) is 14.4. The zero-order valence-corrected chi connectivity index (χ0v) is 14.4. The number of para-hydroxylation sites is 1. The Morgan fingerprint density at radius 1 is 1.36 bits per heavy atom. The summed E-state index contributed by atoms with van der Waals surface area (Å²) in [5.74, 6) is 1.18. The SMILES string of the molecule is CC(CC(=O)Nc1ccccc1C(C)(C)C)C1CCCNC1. The van der Waals surface area contributed by atoms with Crippen LogP contribution in [0.2, 0.25) is 0 Å². The summed E-state index contributed by atoms with van der Waals surface area (Å²) < 4.78 is 0. The molecule has 1 aliphatic rings. The fourth-order valence-electron chi connectivity index (χ4n) is 3.27. The van der Waals surface area contributed by atoms with E-state index >= 15 is 0 Å².